The predicted octanol–water partition coefficient (Wildman–Crippen LogP) is 1.86. The molecule has 0 aliphatic carbocycles. The van der Waals surface area contributed by atoms with Crippen LogP contribution in [0.1, 0.15) is 0 Å². The third kappa shape index (κ3) is 1.95. The van der Waals surface area contributed by atoms with Crippen molar-refractivity contribution in [3.05, 3.63) is 36.4 Å². The molecular weight excluding hydrogens is 249 g/mol. The lowest BCUT2D eigenvalue weighted by Crippen LogP contribution is -1.93. The fourth-order valence-electron chi connectivity index (χ4n) is 1.73. The van der Waals surface area contributed by atoms with E-state index in [1.165, 1.54) is 18.2 Å². The molecule has 0 spiro atoms. The summed E-state index contributed by atoms with van der Waals surface area (Å²) in [5, 5.41) is 3.84. The minimum absolute atomic E-state index is 0.232. The number of aryl methyl sites for hydroxylation is 1. The summed E-state index contributed by atoms with van der Waals surface area (Å²) < 4.78 is 19.9. The molecule has 1 aromatic carbocycles. The van der Waals surface area contributed by atoms with Crippen LogP contribution in [0.2, 0.25) is 0 Å². The molecule has 96 valence electrons. The topological polar surface area (TPSA) is 82.8 Å². The normalized spacial score (nSPS) is 10.8. The molecule has 0 fully saturated rings. The van der Waals surface area contributed by atoms with E-state index >= 15 is 0 Å². The van der Waals surface area contributed by atoms with Gasteiger partial charge in [0.1, 0.15) is 5.82 Å². The molecule has 0 saturated heterocycles. The Morgan fingerprint density at radius 1 is 1.37 bits per heavy atom. The molecule has 0 amide bonds. The highest BCUT2D eigenvalue weighted by atomic mass is 19.1. The molecule has 2 heterocycles. The number of imidazole rings is 1. The lowest BCUT2D eigenvalue weighted by atomic mass is 10.2. The van der Waals surface area contributed by atoms with Gasteiger partial charge in [-0.1, -0.05) is 5.16 Å². The number of rotatable bonds is 2. The van der Waals surface area contributed by atoms with Crippen LogP contribution in [-0.2, 0) is 7.05 Å². The minimum Gasteiger partial charge on any atom is -0.398 e. The van der Waals surface area contributed by atoms with Gasteiger partial charge in [-0.15, -0.1) is 0 Å². The first-order chi connectivity index (χ1) is 9.15. The molecule has 7 heteroatoms. The molecule has 0 saturated carbocycles. The van der Waals surface area contributed by atoms with Crippen LogP contribution < -0.4 is 5.73 Å². The number of hydrogen-bond acceptors (Lipinski definition) is 5. The third-order valence-electron chi connectivity index (χ3n) is 2.69. The summed E-state index contributed by atoms with van der Waals surface area (Å²) in [6, 6.07) is 4.00. The lowest BCUT2D eigenvalue weighted by Gasteiger charge is -1.99. The molecule has 2 aromatic heterocycles. The highest BCUT2D eigenvalue weighted by Crippen LogP contribution is 2.26. The highest BCUT2D eigenvalue weighted by Gasteiger charge is 2.15. The molecule has 0 radical (unpaired) electrons. The Kier molecular flexibility index (Phi) is 2.52. The van der Waals surface area contributed by atoms with E-state index in [4.69, 9.17) is 10.3 Å². The maximum atomic E-state index is 13.0. The van der Waals surface area contributed by atoms with Crippen LogP contribution in [0.4, 0.5) is 10.1 Å². The van der Waals surface area contributed by atoms with Crippen LogP contribution in [0.5, 0.6) is 0 Å². The molecule has 0 aliphatic heterocycles. The Morgan fingerprint density at radius 2 is 2.21 bits per heavy atom. The highest BCUT2D eigenvalue weighted by molar-refractivity contribution is 5.70. The van der Waals surface area contributed by atoms with Gasteiger partial charge in [0.05, 0.1) is 5.56 Å². The summed E-state index contributed by atoms with van der Waals surface area (Å²) >= 11 is 0. The monoisotopic (exact) mass is 259 g/mol. The summed E-state index contributed by atoms with van der Waals surface area (Å²) in [5.41, 5.74) is 6.46. The molecule has 6 nitrogen and oxygen atoms in total. The number of aromatic nitrogens is 4. The third-order valence-corrected chi connectivity index (χ3v) is 2.69. The molecule has 0 unspecified atom stereocenters. The van der Waals surface area contributed by atoms with Crippen molar-refractivity contribution < 1.29 is 8.91 Å². The van der Waals surface area contributed by atoms with Gasteiger partial charge in [-0.3, -0.25) is 0 Å². The summed E-state index contributed by atoms with van der Waals surface area (Å²) in [6.45, 7) is 0. The van der Waals surface area contributed by atoms with E-state index in [9.17, 15) is 4.39 Å². The van der Waals surface area contributed by atoms with Crippen molar-refractivity contribution >= 4 is 5.69 Å². The van der Waals surface area contributed by atoms with Crippen LogP contribution >= 0.6 is 0 Å². The zero-order chi connectivity index (χ0) is 13.4. The summed E-state index contributed by atoms with van der Waals surface area (Å²) in [6.07, 6.45) is 3.41. The van der Waals surface area contributed by atoms with Gasteiger partial charge in [0.2, 0.25) is 5.82 Å². The number of anilines is 1. The van der Waals surface area contributed by atoms with Crippen molar-refractivity contribution in [1.29, 1.82) is 0 Å². The van der Waals surface area contributed by atoms with E-state index in [1.54, 1.807) is 17.0 Å². The largest absolute Gasteiger partial charge is 0.398 e. The maximum absolute atomic E-state index is 13.0. The van der Waals surface area contributed by atoms with Gasteiger partial charge < -0.3 is 14.8 Å². The first-order valence-electron chi connectivity index (χ1n) is 5.52. The van der Waals surface area contributed by atoms with Gasteiger partial charge in [-0.25, -0.2) is 9.37 Å². The number of nitrogen functional groups attached to an aromatic ring is 1. The molecule has 3 aromatic rings. The Bertz CT molecular complexity index is 733. The standard InChI is InChI=1S/C12H10FN5O/c1-18-5-4-15-11(18)10-16-12(19-17-10)8-3-2-7(13)6-9(8)14/h2-6H,14H2,1H3. The number of nitrogens with two attached hydrogens (primary N) is 1. The van der Waals surface area contributed by atoms with E-state index in [0.717, 1.165) is 0 Å². The average molecular weight is 259 g/mol. The van der Waals surface area contributed by atoms with Gasteiger partial charge in [0.25, 0.3) is 5.89 Å². The van der Waals surface area contributed by atoms with Crippen molar-refractivity contribution in [2.24, 2.45) is 7.05 Å². The number of hydrogen-bond donors (Lipinski definition) is 1. The molecular formula is C12H10FN5O. The van der Waals surface area contributed by atoms with E-state index in [1.807, 2.05) is 7.05 Å². The van der Waals surface area contributed by atoms with Gasteiger partial charge in [-0.2, -0.15) is 4.98 Å². The molecule has 2 N–H and O–H groups in total. The summed E-state index contributed by atoms with van der Waals surface area (Å²) in [7, 11) is 1.82. The van der Waals surface area contributed by atoms with E-state index < -0.39 is 5.82 Å². The van der Waals surface area contributed by atoms with Crippen molar-refractivity contribution in [3.8, 4) is 23.1 Å². The first kappa shape index (κ1) is 11.4. The number of nitrogens with zero attached hydrogens (tertiary/aromatic N) is 4. The molecule has 0 aliphatic rings. The Balaban J connectivity index is 2.04. The van der Waals surface area contributed by atoms with Crippen LogP contribution in [-0.4, -0.2) is 19.7 Å². The van der Waals surface area contributed by atoms with Crippen molar-refractivity contribution in [2.45, 2.75) is 0 Å². The van der Waals surface area contributed by atoms with Crippen LogP contribution in [0.25, 0.3) is 23.1 Å². The summed E-state index contributed by atoms with van der Waals surface area (Å²) in [4.78, 5) is 8.33. The van der Waals surface area contributed by atoms with Crippen molar-refractivity contribution in [1.82, 2.24) is 19.7 Å². The van der Waals surface area contributed by atoms with Gasteiger partial charge >= 0.3 is 0 Å². The second-order valence-corrected chi connectivity index (χ2v) is 4.02. The maximum Gasteiger partial charge on any atom is 0.260 e. The van der Waals surface area contributed by atoms with E-state index in [-0.39, 0.29) is 11.6 Å². The molecule has 3 rings (SSSR count). The minimum atomic E-state index is -0.412. The van der Waals surface area contributed by atoms with Crippen molar-refractivity contribution in [2.75, 3.05) is 5.73 Å². The Labute approximate surface area is 107 Å². The molecule has 0 bridgehead atoms. The van der Waals surface area contributed by atoms with E-state index in [2.05, 4.69) is 15.1 Å². The van der Waals surface area contributed by atoms with Crippen LogP contribution in [0, 0.1) is 5.82 Å². The first-order valence-corrected chi connectivity index (χ1v) is 5.52. The second-order valence-electron chi connectivity index (χ2n) is 4.02. The van der Waals surface area contributed by atoms with Gasteiger partial charge in [0, 0.05) is 25.1 Å². The van der Waals surface area contributed by atoms with E-state index in [0.29, 0.717) is 17.2 Å². The Morgan fingerprint density at radius 3 is 2.89 bits per heavy atom. The predicted molar refractivity (Wildman–Crippen MR) is 66.3 cm³/mol. The number of halogens is 1. The second kappa shape index (κ2) is 4.20. The smallest absolute Gasteiger partial charge is 0.260 e. The van der Waals surface area contributed by atoms with Crippen molar-refractivity contribution in [3.63, 3.8) is 0 Å². The SMILES string of the molecule is Cn1ccnc1-c1noc(-c2ccc(F)cc2N)n1. The summed E-state index contributed by atoms with van der Waals surface area (Å²) in [5.74, 6) is 0.752. The van der Waals surface area contributed by atoms with Gasteiger partial charge in [0.15, 0.2) is 5.82 Å². The molecule has 0 atom stereocenters. The number of benzene rings is 1. The van der Waals surface area contributed by atoms with Gasteiger partial charge in [-0.05, 0) is 18.2 Å². The average Bonchev–Trinajstić information content (AvgIpc) is 2.97. The zero-order valence-corrected chi connectivity index (χ0v) is 10.0. The van der Waals surface area contributed by atoms with Crippen LogP contribution in [0.3, 0.4) is 0 Å². The fourth-order valence-corrected chi connectivity index (χ4v) is 1.73. The molecule has 19 heavy (non-hydrogen) atoms. The van der Waals surface area contributed by atoms with Crippen LogP contribution in [0.15, 0.2) is 35.1 Å². The Hall–Kier alpha value is -2.70. The zero-order valence-electron chi connectivity index (χ0n) is 10.0. The lowest BCUT2D eigenvalue weighted by molar-refractivity contribution is 0.431. The fraction of sp³-hybridized carbons (Fsp3) is 0.0833. The quantitative estimate of drug-likeness (QED) is 0.710.